The van der Waals surface area contributed by atoms with Crippen molar-refractivity contribution in [1.29, 1.82) is 0 Å². The first-order valence-corrected chi connectivity index (χ1v) is 6.37. The summed E-state index contributed by atoms with van der Waals surface area (Å²) in [5, 5.41) is 0. The highest BCUT2D eigenvalue weighted by molar-refractivity contribution is 4.89. The summed E-state index contributed by atoms with van der Waals surface area (Å²) in [5.41, 5.74) is 0.820. The molecule has 1 unspecified atom stereocenters. The summed E-state index contributed by atoms with van der Waals surface area (Å²) < 4.78 is 0. The van der Waals surface area contributed by atoms with Crippen LogP contribution in [-0.4, -0.2) is 23.5 Å². The lowest BCUT2D eigenvalue weighted by Gasteiger charge is -2.47. The zero-order valence-electron chi connectivity index (χ0n) is 11.7. The Morgan fingerprint density at radius 1 is 1.00 bits per heavy atom. The van der Waals surface area contributed by atoms with Crippen LogP contribution in [0.5, 0.6) is 0 Å². The quantitative estimate of drug-likeness (QED) is 0.589. The standard InChI is InChI=1S/C14H29N/c1-11-10-15(14(5,6)7)9-8-12(11)13(2,3)4/h11-12H,8-10H2,1-7H3/t11-,12?/m0/s1. The third-order valence-corrected chi connectivity index (χ3v) is 3.97. The number of hydrogen-bond acceptors (Lipinski definition) is 1. The number of piperidine rings is 1. The normalized spacial score (nSPS) is 30.6. The Labute approximate surface area is 96.2 Å². The first kappa shape index (κ1) is 13.0. The van der Waals surface area contributed by atoms with E-state index in [-0.39, 0.29) is 0 Å². The molecular weight excluding hydrogens is 182 g/mol. The molecule has 1 rings (SSSR count). The summed E-state index contributed by atoms with van der Waals surface area (Å²) in [6, 6.07) is 0. The average molecular weight is 211 g/mol. The van der Waals surface area contributed by atoms with Crippen molar-refractivity contribution >= 4 is 0 Å². The molecule has 90 valence electrons. The van der Waals surface area contributed by atoms with E-state index in [1.54, 1.807) is 0 Å². The second kappa shape index (κ2) is 4.08. The van der Waals surface area contributed by atoms with Crippen molar-refractivity contribution in [2.24, 2.45) is 17.3 Å². The minimum absolute atomic E-state index is 0.344. The van der Waals surface area contributed by atoms with Crippen LogP contribution in [0, 0.1) is 17.3 Å². The Bertz CT molecular complexity index is 206. The molecular formula is C14H29N. The molecule has 0 saturated carbocycles. The number of nitrogens with zero attached hydrogens (tertiary/aromatic N) is 1. The molecule has 0 aromatic carbocycles. The van der Waals surface area contributed by atoms with Gasteiger partial charge in [-0.05, 0) is 51.0 Å². The zero-order valence-corrected chi connectivity index (χ0v) is 11.7. The first-order valence-electron chi connectivity index (χ1n) is 6.37. The Morgan fingerprint density at radius 3 is 1.87 bits per heavy atom. The lowest BCUT2D eigenvalue weighted by Crippen LogP contribution is -2.51. The van der Waals surface area contributed by atoms with E-state index in [0.717, 1.165) is 11.8 Å². The van der Waals surface area contributed by atoms with Gasteiger partial charge in [0.15, 0.2) is 0 Å². The van der Waals surface area contributed by atoms with Crippen molar-refractivity contribution in [3.05, 3.63) is 0 Å². The molecule has 0 aromatic heterocycles. The van der Waals surface area contributed by atoms with E-state index in [2.05, 4.69) is 53.4 Å². The summed E-state index contributed by atoms with van der Waals surface area (Å²) in [4.78, 5) is 2.64. The van der Waals surface area contributed by atoms with Crippen LogP contribution in [0.2, 0.25) is 0 Å². The predicted octanol–water partition coefficient (Wildman–Crippen LogP) is 3.79. The maximum atomic E-state index is 2.64. The van der Waals surface area contributed by atoms with Crippen molar-refractivity contribution in [1.82, 2.24) is 4.90 Å². The number of likely N-dealkylation sites (tertiary alicyclic amines) is 1. The van der Waals surface area contributed by atoms with Gasteiger partial charge in [0, 0.05) is 12.1 Å². The minimum Gasteiger partial charge on any atom is -0.298 e. The Hall–Kier alpha value is -0.0400. The van der Waals surface area contributed by atoms with E-state index in [4.69, 9.17) is 0 Å². The van der Waals surface area contributed by atoms with E-state index in [1.165, 1.54) is 19.5 Å². The molecule has 1 aliphatic heterocycles. The highest BCUT2D eigenvalue weighted by Gasteiger charge is 2.36. The molecule has 0 aromatic rings. The molecule has 0 aliphatic carbocycles. The van der Waals surface area contributed by atoms with E-state index in [0.29, 0.717) is 11.0 Å². The summed E-state index contributed by atoms with van der Waals surface area (Å²) in [6.07, 6.45) is 1.36. The molecule has 1 heterocycles. The smallest absolute Gasteiger partial charge is 0.0125 e. The maximum absolute atomic E-state index is 2.64. The van der Waals surface area contributed by atoms with Gasteiger partial charge in [-0.15, -0.1) is 0 Å². The lowest BCUT2D eigenvalue weighted by atomic mass is 9.69. The lowest BCUT2D eigenvalue weighted by molar-refractivity contribution is 0.0136. The van der Waals surface area contributed by atoms with Gasteiger partial charge in [0.2, 0.25) is 0 Å². The van der Waals surface area contributed by atoms with Gasteiger partial charge in [-0.2, -0.15) is 0 Å². The molecule has 0 amide bonds. The highest BCUT2D eigenvalue weighted by atomic mass is 15.2. The van der Waals surface area contributed by atoms with Crippen molar-refractivity contribution in [3.63, 3.8) is 0 Å². The second-order valence-electron chi connectivity index (χ2n) is 7.36. The fourth-order valence-electron chi connectivity index (χ4n) is 3.04. The van der Waals surface area contributed by atoms with Crippen LogP contribution in [0.25, 0.3) is 0 Å². The molecule has 0 bridgehead atoms. The van der Waals surface area contributed by atoms with E-state index < -0.39 is 0 Å². The summed E-state index contributed by atoms with van der Waals surface area (Å²) in [5.74, 6) is 1.72. The highest BCUT2D eigenvalue weighted by Crippen LogP contribution is 2.39. The fraction of sp³-hybridized carbons (Fsp3) is 1.00. The van der Waals surface area contributed by atoms with Gasteiger partial charge in [-0.1, -0.05) is 27.7 Å². The van der Waals surface area contributed by atoms with Crippen LogP contribution < -0.4 is 0 Å². The zero-order chi connectivity index (χ0) is 11.9. The Balaban J connectivity index is 2.64. The van der Waals surface area contributed by atoms with Crippen LogP contribution in [0.1, 0.15) is 54.9 Å². The molecule has 0 spiro atoms. The Kier molecular flexibility index (Phi) is 3.55. The largest absolute Gasteiger partial charge is 0.298 e. The molecule has 15 heavy (non-hydrogen) atoms. The van der Waals surface area contributed by atoms with Gasteiger partial charge >= 0.3 is 0 Å². The summed E-state index contributed by atoms with van der Waals surface area (Å²) in [6.45, 7) is 19.1. The van der Waals surface area contributed by atoms with Crippen molar-refractivity contribution < 1.29 is 0 Å². The van der Waals surface area contributed by atoms with Crippen molar-refractivity contribution in [2.75, 3.05) is 13.1 Å². The fourth-order valence-corrected chi connectivity index (χ4v) is 3.04. The van der Waals surface area contributed by atoms with Gasteiger partial charge in [-0.3, -0.25) is 4.90 Å². The molecule has 1 fully saturated rings. The molecule has 1 saturated heterocycles. The van der Waals surface area contributed by atoms with Crippen LogP contribution in [0.3, 0.4) is 0 Å². The maximum Gasteiger partial charge on any atom is 0.0125 e. The van der Waals surface area contributed by atoms with Crippen molar-refractivity contribution in [2.45, 2.75) is 60.4 Å². The Morgan fingerprint density at radius 2 is 1.53 bits per heavy atom. The third-order valence-electron chi connectivity index (χ3n) is 3.97. The monoisotopic (exact) mass is 211 g/mol. The molecule has 1 heteroatoms. The van der Waals surface area contributed by atoms with Gasteiger partial charge in [0.05, 0.1) is 0 Å². The summed E-state index contributed by atoms with van der Waals surface area (Å²) in [7, 11) is 0. The van der Waals surface area contributed by atoms with Crippen LogP contribution >= 0.6 is 0 Å². The molecule has 1 aliphatic rings. The number of hydrogen-bond donors (Lipinski definition) is 0. The summed E-state index contributed by atoms with van der Waals surface area (Å²) >= 11 is 0. The topological polar surface area (TPSA) is 3.24 Å². The van der Waals surface area contributed by atoms with Gasteiger partial charge in [-0.25, -0.2) is 0 Å². The van der Waals surface area contributed by atoms with Gasteiger partial charge < -0.3 is 0 Å². The van der Waals surface area contributed by atoms with Crippen LogP contribution in [-0.2, 0) is 0 Å². The van der Waals surface area contributed by atoms with Crippen LogP contribution in [0.15, 0.2) is 0 Å². The first-order chi connectivity index (χ1) is 6.62. The van der Waals surface area contributed by atoms with E-state index >= 15 is 0 Å². The molecule has 0 radical (unpaired) electrons. The van der Waals surface area contributed by atoms with Gasteiger partial charge in [0.25, 0.3) is 0 Å². The predicted molar refractivity (Wildman–Crippen MR) is 68.1 cm³/mol. The van der Waals surface area contributed by atoms with E-state index in [1.807, 2.05) is 0 Å². The SMILES string of the molecule is C[C@H]1CN(C(C)(C)C)CCC1C(C)(C)C. The van der Waals surface area contributed by atoms with Gasteiger partial charge in [0.1, 0.15) is 0 Å². The molecule has 0 N–H and O–H groups in total. The molecule has 1 nitrogen and oxygen atoms in total. The number of rotatable bonds is 0. The average Bonchev–Trinajstić information content (AvgIpc) is 1.99. The van der Waals surface area contributed by atoms with E-state index in [9.17, 15) is 0 Å². The van der Waals surface area contributed by atoms with Crippen molar-refractivity contribution in [3.8, 4) is 0 Å². The minimum atomic E-state index is 0.344. The third kappa shape index (κ3) is 3.21. The van der Waals surface area contributed by atoms with Crippen LogP contribution in [0.4, 0.5) is 0 Å². The second-order valence-corrected chi connectivity index (χ2v) is 7.36. The molecule has 2 atom stereocenters.